The maximum absolute atomic E-state index is 14.7. The fraction of sp³-hybridized carbons (Fsp3) is 0.700. The van der Waals surface area contributed by atoms with Crippen LogP contribution in [0, 0.1) is 10.8 Å². The fourth-order valence-corrected chi connectivity index (χ4v) is 8.86. The van der Waals surface area contributed by atoms with E-state index >= 15 is 0 Å². The topological polar surface area (TPSA) is 209 Å². The number of likely N-dealkylation sites (N-methyl/N-ethyl adjacent to an activating group) is 2. The van der Waals surface area contributed by atoms with E-state index in [-0.39, 0.29) is 37.2 Å². The third kappa shape index (κ3) is 7.60. The summed E-state index contributed by atoms with van der Waals surface area (Å²) < 4.78 is 0. The first kappa shape index (κ1) is 42.7. The van der Waals surface area contributed by atoms with Crippen molar-refractivity contribution in [1.82, 2.24) is 31.1 Å². The minimum absolute atomic E-state index is 0.262. The summed E-state index contributed by atoms with van der Waals surface area (Å²) >= 11 is 0. The summed E-state index contributed by atoms with van der Waals surface area (Å²) in [5.41, 5.74) is 10.6. The number of hydrogen-bond donors (Lipinski definition) is 6. The molecule has 1 aromatic rings. The van der Waals surface area contributed by atoms with Gasteiger partial charge in [0.25, 0.3) is 0 Å². The normalized spacial score (nSPS) is 25.3. The van der Waals surface area contributed by atoms with Crippen molar-refractivity contribution in [2.45, 2.75) is 141 Å². The Bertz CT molecular complexity index is 1630. The highest BCUT2D eigenvalue weighted by molar-refractivity contribution is 5.98. The first-order valence-corrected chi connectivity index (χ1v) is 19.4. The molecule has 0 saturated carbocycles. The van der Waals surface area contributed by atoms with Gasteiger partial charge in [0.1, 0.15) is 23.2 Å². The van der Waals surface area contributed by atoms with Crippen molar-refractivity contribution in [3.63, 3.8) is 0 Å². The lowest BCUT2D eigenvalue weighted by Crippen LogP contribution is -2.65. The van der Waals surface area contributed by atoms with E-state index in [0.29, 0.717) is 44.1 Å². The predicted molar refractivity (Wildman–Crippen MR) is 207 cm³/mol. The Morgan fingerprint density at radius 3 is 1.72 bits per heavy atom. The number of hydrogen-bond acceptors (Lipinski definition) is 8. The van der Waals surface area contributed by atoms with Gasteiger partial charge in [0.15, 0.2) is 0 Å². The Kier molecular flexibility index (Phi) is 12.6. The molecule has 1 aromatic carbocycles. The summed E-state index contributed by atoms with van der Waals surface area (Å²) in [5, 5.41) is 11.7. The van der Waals surface area contributed by atoms with Crippen LogP contribution in [0.3, 0.4) is 0 Å². The highest BCUT2D eigenvalue weighted by Crippen LogP contribution is 2.51. The molecule has 8 N–H and O–H groups in total. The van der Waals surface area contributed by atoms with Crippen molar-refractivity contribution in [3.8, 4) is 0 Å². The van der Waals surface area contributed by atoms with Crippen molar-refractivity contribution in [2.24, 2.45) is 22.3 Å². The highest BCUT2D eigenvalue weighted by Gasteiger charge is 2.58. The fourth-order valence-electron chi connectivity index (χ4n) is 8.86. The van der Waals surface area contributed by atoms with Crippen molar-refractivity contribution in [3.05, 3.63) is 34.9 Å². The number of primary amides is 2. The summed E-state index contributed by atoms with van der Waals surface area (Å²) in [7, 11) is 3.33. The third-order valence-corrected chi connectivity index (χ3v) is 12.1. The Labute approximate surface area is 320 Å². The summed E-state index contributed by atoms with van der Waals surface area (Å²) in [6.45, 7) is 15.2. The van der Waals surface area contributed by atoms with Crippen LogP contribution in [0.15, 0.2) is 18.2 Å². The number of nitrogens with one attached hydrogen (secondary N) is 4. The second-order valence-electron chi connectivity index (χ2n) is 17.7. The average Bonchev–Trinajstić information content (AvgIpc) is 3.77. The van der Waals surface area contributed by atoms with Crippen molar-refractivity contribution < 1.29 is 28.8 Å². The van der Waals surface area contributed by atoms with Crippen LogP contribution in [0.25, 0.3) is 0 Å². The molecule has 7 unspecified atom stereocenters. The van der Waals surface area contributed by atoms with Crippen molar-refractivity contribution in [1.29, 1.82) is 0 Å². The van der Waals surface area contributed by atoms with Gasteiger partial charge in [0, 0.05) is 19.0 Å². The number of carbonyl (C=O) groups is 6. The smallest absolute Gasteiger partial charge is 0.248 e. The maximum Gasteiger partial charge on any atom is 0.248 e. The molecule has 300 valence electrons. The Morgan fingerprint density at radius 2 is 1.24 bits per heavy atom. The van der Waals surface area contributed by atoms with Crippen LogP contribution in [0.1, 0.15) is 117 Å². The van der Waals surface area contributed by atoms with Gasteiger partial charge in [-0.3, -0.25) is 28.8 Å². The number of nitrogens with two attached hydrogens (primary N) is 2. The molecule has 2 aliphatic heterocycles. The van der Waals surface area contributed by atoms with E-state index in [4.69, 9.17) is 11.5 Å². The first-order valence-electron chi connectivity index (χ1n) is 19.4. The largest absolute Gasteiger partial charge is 0.368 e. The van der Waals surface area contributed by atoms with Gasteiger partial charge in [0.2, 0.25) is 35.4 Å². The molecule has 0 aromatic heterocycles. The van der Waals surface area contributed by atoms with Crippen LogP contribution < -0.4 is 32.7 Å². The lowest BCUT2D eigenvalue weighted by molar-refractivity contribution is -0.150. The van der Waals surface area contributed by atoms with Crippen LogP contribution >= 0.6 is 0 Å². The standard InChI is InChI=1S/C40H64N8O6/c1-23(43-9)31(49)45-29(37(3,4)5)33(51)47-21-13-19-39(47,35(41)53)27-17-11-16-26-25(27)15-12-18-28(26)40(36(42)54)20-14-22-48(40)34(52)30(38(6,7)8)46-32(50)24(2)44-10/h11,16-17,23-24,28-30,43-44H,12-15,18-22H2,1-10H3,(H2,41,53)(H2,42,54)(H,45,49)(H,46,50). The molecule has 0 radical (unpaired) electrons. The van der Waals surface area contributed by atoms with E-state index in [9.17, 15) is 28.8 Å². The quantitative estimate of drug-likeness (QED) is 0.184. The molecule has 0 bridgehead atoms. The molecular formula is C40H64N8O6. The van der Waals surface area contributed by atoms with E-state index in [2.05, 4.69) is 21.3 Å². The van der Waals surface area contributed by atoms with Crippen molar-refractivity contribution in [2.75, 3.05) is 27.2 Å². The second-order valence-corrected chi connectivity index (χ2v) is 17.7. The van der Waals surface area contributed by atoms with Gasteiger partial charge in [-0.1, -0.05) is 59.7 Å². The Balaban J connectivity index is 1.84. The molecule has 14 heteroatoms. The number of likely N-dealkylation sites (tertiary alicyclic amines) is 2. The second kappa shape index (κ2) is 16.0. The molecule has 14 nitrogen and oxygen atoms in total. The third-order valence-electron chi connectivity index (χ3n) is 12.1. The lowest BCUT2D eigenvalue weighted by atomic mass is 9.66. The van der Waals surface area contributed by atoms with E-state index in [1.165, 1.54) is 0 Å². The number of fused-ring (bicyclic) bond motifs is 1. The number of nitrogens with zero attached hydrogens (tertiary/aromatic N) is 2. The van der Waals surface area contributed by atoms with Gasteiger partial charge >= 0.3 is 0 Å². The maximum atomic E-state index is 14.7. The van der Waals surface area contributed by atoms with Crippen LogP contribution in [0.2, 0.25) is 0 Å². The van der Waals surface area contributed by atoms with E-state index < -0.39 is 69.7 Å². The number of amides is 6. The summed E-state index contributed by atoms with van der Waals surface area (Å²) in [6, 6.07) is 2.61. The molecular weight excluding hydrogens is 688 g/mol. The van der Waals surface area contributed by atoms with Crippen LogP contribution in [0.5, 0.6) is 0 Å². The number of benzene rings is 1. The molecule has 3 aliphatic rings. The molecule has 7 atom stereocenters. The van der Waals surface area contributed by atoms with Crippen molar-refractivity contribution >= 4 is 35.4 Å². The van der Waals surface area contributed by atoms with E-state index in [0.717, 1.165) is 11.1 Å². The highest BCUT2D eigenvalue weighted by atomic mass is 16.2. The van der Waals surface area contributed by atoms with Gasteiger partial charge in [-0.05, 0) is 100 Å². The van der Waals surface area contributed by atoms with Crippen LogP contribution in [-0.2, 0) is 40.7 Å². The SMILES string of the molecule is CNC(C)C(=O)NC(C(=O)N1CCCC1(C(N)=O)c1cccc2c1CCCC2C1(C(N)=O)CCCN1C(=O)C(NC(=O)C(C)NC)C(C)(C)C)C(C)(C)C. The summed E-state index contributed by atoms with van der Waals surface area (Å²) in [4.78, 5) is 86.5. The molecule has 2 saturated heterocycles. The predicted octanol–water partition coefficient (Wildman–Crippen LogP) is 1.53. The summed E-state index contributed by atoms with van der Waals surface area (Å²) in [6.07, 6.45) is 3.43. The van der Waals surface area contributed by atoms with E-state index in [1.54, 1.807) is 37.7 Å². The zero-order valence-corrected chi connectivity index (χ0v) is 34.0. The van der Waals surface area contributed by atoms with Gasteiger partial charge < -0.3 is 42.5 Å². The van der Waals surface area contributed by atoms with Gasteiger partial charge in [-0.2, -0.15) is 0 Å². The Hall–Kier alpha value is -4.04. The monoisotopic (exact) mass is 752 g/mol. The molecule has 0 spiro atoms. The van der Waals surface area contributed by atoms with Crippen LogP contribution in [-0.4, -0.2) is 102 Å². The van der Waals surface area contributed by atoms with Gasteiger partial charge in [0.05, 0.1) is 12.1 Å². The zero-order valence-electron chi connectivity index (χ0n) is 34.0. The molecule has 2 heterocycles. The molecule has 2 fully saturated rings. The zero-order chi connectivity index (χ0) is 40.6. The first-order chi connectivity index (χ1) is 25.1. The lowest BCUT2D eigenvalue weighted by Gasteiger charge is -2.48. The Morgan fingerprint density at radius 1 is 0.741 bits per heavy atom. The molecule has 4 rings (SSSR count). The van der Waals surface area contributed by atoms with Gasteiger partial charge in [-0.25, -0.2) is 0 Å². The molecule has 6 amide bonds. The minimum Gasteiger partial charge on any atom is -0.368 e. The molecule has 1 aliphatic carbocycles. The molecule has 54 heavy (non-hydrogen) atoms. The number of rotatable bonds is 12. The van der Waals surface area contributed by atoms with Crippen LogP contribution in [0.4, 0.5) is 0 Å². The average molecular weight is 753 g/mol. The minimum atomic E-state index is -1.51. The number of carbonyl (C=O) groups excluding carboxylic acids is 6. The van der Waals surface area contributed by atoms with Gasteiger partial charge in [-0.15, -0.1) is 0 Å². The summed E-state index contributed by atoms with van der Waals surface area (Å²) in [5.74, 6) is -3.26. The van der Waals surface area contributed by atoms with E-state index in [1.807, 2.05) is 59.7 Å².